The number of hydrogen-bond donors (Lipinski definition) is 1. The van der Waals surface area contributed by atoms with E-state index in [0.717, 1.165) is 19.3 Å². The lowest BCUT2D eigenvalue weighted by Gasteiger charge is -2.28. The molecule has 0 saturated heterocycles. The minimum Gasteiger partial charge on any atom is -0.455 e. The molecule has 2 aliphatic rings. The number of para-hydroxylation sites is 1. The van der Waals surface area contributed by atoms with Gasteiger partial charge < -0.3 is 10.1 Å². The summed E-state index contributed by atoms with van der Waals surface area (Å²) >= 11 is 0. The number of nitrogens with one attached hydrogen (secondary N) is 1. The molecule has 2 fully saturated rings. The SMILES string of the molecule is O=C(COC(=O)[C@@H]1[C@H]2CC[C@@H](C2)[C@H]1C(=O)c1ccccc1)Nc1ccccc1. The van der Waals surface area contributed by atoms with Crippen LogP contribution in [-0.2, 0) is 14.3 Å². The van der Waals surface area contributed by atoms with Gasteiger partial charge in [0.25, 0.3) is 5.91 Å². The molecule has 0 aliphatic heterocycles. The standard InChI is InChI=1S/C23H23NO4/c25-19(24-18-9-5-2-6-10-18)14-28-23(27)21-17-12-11-16(13-17)20(21)22(26)15-7-3-1-4-8-15/h1-10,16-17,20-21H,11-14H2,(H,24,25)/t16-,17-,20+,21+/m0/s1. The number of benzene rings is 2. The van der Waals surface area contributed by atoms with Crippen LogP contribution in [0.4, 0.5) is 5.69 Å². The second-order valence-electron chi connectivity index (χ2n) is 7.64. The van der Waals surface area contributed by atoms with E-state index in [2.05, 4.69) is 5.32 Å². The molecule has 2 saturated carbocycles. The molecule has 0 radical (unpaired) electrons. The first-order valence-electron chi connectivity index (χ1n) is 9.74. The van der Waals surface area contributed by atoms with Crippen LogP contribution in [0.5, 0.6) is 0 Å². The molecule has 1 amide bonds. The molecule has 2 aromatic carbocycles. The van der Waals surface area contributed by atoms with E-state index in [1.165, 1.54) is 0 Å². The lowest BCUT2D eigenvalue weighted by Crippen LogP contribution is -2.37. The van der Waals surface area contributed by atoms with Crippen molar-refractivity contribution in [3.8, 4) is 0 Å². The molecule has 4 atom stereocenters. The van der Waals surface area contributed by atoms with Crippen molar-refractivity contribution in [3.63, 3.8) is 0 Å². The summed E-state index contributed by atoms with van der Waals surface area (Å²) in [4.78, 5) is 37.9. The largest absolute Gasteiger partial charge is 0.455 e. The van der Waals surface area contributed by atoms with Gasteiger partial charge in [0, 0.05) is 17.2 Å². The number of esters is 1. The van der Waals surface area contributed by atoms with E-state index in [0.29, 0.717) is 11.3 Å². The number of anilines is 1. The summed E-state index contributed by atoms with van der Waals surface area (Å²) in [6, 6.07) is 18.2. The number of rotatable bonds is 6. The van der Waals surface area contributed by atoms with Gasteiger partial charge in [-0.1, -0.05) is 48.5 Å². The average Bonchev–Trinajstić information content (AvgIpc) is 3.34. The quantitative estimate of drug-likeness (QED) is 0.615. The molecule has 28 heavy (non-hydrogen) atoms. The molecule has 2 aliphatic carbocycles. The zero-order valence-electron chi connectivity index (χ0n) is 15.5. The van der Waals surface area contributed by atoms with Gasteiger partial charge in [-0.2, -0.15) is 0 Å². The Kier molecular flexibility index (Phi) is 5.24. The molecule has 0 spiro atoms. The lowest BCUT2D eigenvalue weighted by atomic mass is 9.75. The molecular formula is C23H23NO4. The number of carbonyl (C=O) groups is 3. The van der Waals surface area contributed by atoms with Crippen LogP contribution in [-0.4, -0.2) is 24.3 Å². The predicted octanol–water partition coefficient (Wildman–Crippen LogP) is 3.71. The molecule has 0 heterocycles. The van der Waals surface area contributed by atoms with Crippen molar-refractivity contribution in [2.24, 2.45) is 23.7 Å². The van der Waals surface area contributed by atoms with Crippen molar-refractivity contribution in [3.05, 3.63) is 66.2 Å². The zero-order chi connectivity index (χ0) is 19.5. The van der Waals surface area contributed by atoms with Gasteiger partial charge in [-0.3, -0.25) is 14.4 Å². The Labute approximate surface area is 164 Å². The smallest absolute Gasteiger partial charge is 0.310 e. The summed E-state index contributed by atoms with van der Waals surface area (Å²) in [7, 11) is 0. The third-order valence-corrected chi connectivity index (χ3v) is 5.95. The van der Waals surface area contributed by atoms with E-state index < -0.39 is 11.9 Å². The number of fused-ring (bicyclic) bond motifs is 2. The van der Waals surface area contributed by atoms with Crippen molar-refractivity contribution in [2.45, 2.75) is 19.3 Å². The fraction of sp³-hybridized carbons (Fsp3) is 0.348. The van der Waals surface area contributed by atoms with Crippen LogP contribution < -0.4 is 5.32 Å². The number of amides is 1. The van der Waals surface area contributed by atoms with Crippen LogP contribution in [0.2, 0.25) is 0 Å². The van der Waals surface area contributed by atoms with Crippen molar-refractivity contribution in [2.75, 3.05) is 11.9 Å². The Morgan fingerprint density at radius 3 is 2.14 bits per heavy atom. The summed E-state index contributed by atoms with van der Waals surface area (Å²) in [5, 5.41) is 2.70. The van der Waals surface area contributed by atoms with Gasteiger partial charge in [-0.25, -0.2) is 0 Å². The Hall–Kier alpha value is -2.95. The fourth-order valence-corrected chi connectivity index (χ4v) is 4.75. The van der Waals surface area contributed by atoms with Crippen LogP contribution in [0.3, 0.4) is 0 Å². The van der Waals surface area contributed by atoms with E-state index in [4.69, 9.17) is 4.74 Å². The highest BCUT2D eigenvalue weighted by Crippen LogP contribution is 2.53. The van der Waals surface area contributed by atoms with E-state index >= 15 is 0 Å². The first-order chi connectivity index (χ1) is 13.6. The van der Waals surface area contributed by atoms with E-state index in [9.17, 15) is 14.4 Å². The third kappa shape index (κ3) is 3.70. The van der Waals surface area contributed by atoms with Gasteiger partial charge >= 0.3 is 5.97 Å². The molecule has 2 aromatic rings. The molecule has 1 N–H and O–H groups in total. The zero-order valence-corrected chi connectivity index (χ0v) is 15.5. The molecule has 5 nitrogen and oxygen atoms in total. The van der Waals surface area contributed by atoms with Crippen LogP contribution in [0.15, 0.2) is 60.7 Å². The first-order valence-corrected chi connectivity index (χ1v) is 9.74. The van der Waals surface area contributed by atoms with Crippen LogP contribution in [0.25, 0.3) is 0 Å². The lowest BCUT2D eigenvalue weighted by molar-refractivity contribution is -0.154. The molecule has 4 rings (SSSR count). The summed E-state index contributed by atoms with van der Waals surface area (Å²) in [6.07, 6.45) is 2.81. The summed E-state index contributed by atoms with van der Waals surface area (Å²) in [5.74, 6) is -1.18. The number of ketones is 1. The van der Waals surface area contributed by atoms with Crippen molar-refractivity contribution >= 4 is 23.3 Å². The van der Waals surface area contributed by atoms with Crippen molar-refractivity contribution in [1.82, 2.24) is 0 Å². The molecule has 5 heteroatoms. The fourth-order valence-electron chi connectivity index (χ4n) is 4.75. The van der Waals surface area contributed by atoms with Gasteiger partial charge in [0.05, 0.1) is 5.92 Å². The molecule has 2 bridgehead atoms. The maximum absolute atomic E-state index is 13.0. The van der Waals surface area contributed by atoms with Gasteiger partial charge in [0.2, 0.25) is 0 Å². The maximum atomic E-state index is 13.0. The van der Waals surface area contributed by atoms with Crippen LogP contribution >= 0.6 is 0 Å². The highest BCUT2D eigenvalue weighted by atomic mass is 16.5. The van der Waals surface area contributed by atoms with Crippen molar-refractivity contribution < 1.29 is 19.1 Å². The average molecular weight is 377 g/mol. The Morgan fingerprint density at radius 1 is 0.857 bits per heavy atom. The molecular weight excluding hydrogens is 354 g/mol. The first kappa shape index (κ1) is 18.4. The van der Waals surface area contributed by atoms with E-state index in [-0.39, 0.29) is 36.1 Å². The summed E-state index contributed by atoms with van der Waals surface area (Å²) in [6.45, 7) is -0.339. The molecule has 0 unspecified atom stereocenters. The third-order valence-electron chi connectivity index (χ3n) is 5.95. The number of carbonyl (C=O) groups excluding carboxylic acids is 3. The second kappa shape index (κ2) is 7.97. The highest BCUT2D eigenvalue weighted by Gasteiger charge is 2.54. The van der Waals surface area contributed by atoms with E-state index in [1.54, 1.807) is 24.3 Å². The van der Waals surface area contributed by atoms with Crippen LogP contribution in [0, 0.1) is 23.7 Å². The second-order valence-corrected chi connectivity index (χ2v) is 7.64. The normalized spacial score (nSPS) is 25.3. The summed E-state index contributed by atoms with van der Waals surface area (Å²) < 4.78 is 5.33. The van der Waals surface area contributed by atoms with Gasteiger partial charge in [-0.05, 0) is 43.2 Å². The number of hydrogen-bond acceptors (Lipinski definition) is 4. The number of Topliss-reactive ketones (excluding diaryl/α,β-unsaturated/α-hetero) is 1. The molecule has 144 valence electrons. The minimum absolute atomic E-state index is 0.0171. The highest BCUT2D eigenvalue weighted by molar-refractivity contribution is 6.01. The predicted molar refractivity (Wildman–Crippen MR) is 105 cm³/mol. The maximum Gasteiger partial charge on any atom is 0.310 e. The Morgan fingerprint density at radius 2 is 1.46 bits per heavy atom. The molecule has 0 aromatic heterocycles. The number of ether oxygens (including phenoxy) is 1. The Balaban J connectivity index is 1.41. The van der Waals surface area contributed by atoms with E-state index in [1.807, 2.05) is 36.4 Å². The minimum atomic E-state index is -0.448. The van der Waals surface area contributed by atoms with Crippen LogP contribution in [0.1, 0.15) is 29.6 Å². The Bertz CT molecular complexity index is 865. The summed E-state index contributed by atoms with van der Waals surface area (Å²) in [5.41, 5.74) is 1.29. The van der Waals surface area contributed by atoms with Gasteiger partial charge in [0.15, 0.2) is 12.4 Å². The van der Waals surface area contributed by atoms with Gasteiger partial charge in [-0.15, -0.1) is 0 Å². The topological polar surface area (TPSA) is 72.5 Å². The van der Waals surface area contributed by atoms with Crippen molar-refractivity contribution in [1.29, 1.82) is 0 Å². The van der Waals surface area contributed by atoms with Gasteiger partial charge in [0.1, 0.15) is 0 Å². The monoisotopic (exact) mass is 377 g/mol.